The van der Waals surface area contributed by atoms with Crippen molar-refractivity contribution < 1.29 is 26.1 Å². The van der Waals surface area contributed by atoms with Gasteiger partial charge in [0, 0.05) is 29.4 Å². The molecule has 0 saturated carbocycles. The van der Waals surface area contributed by atoms with E-state index >= 15 is 8.78 Å². The molecule has 0 N–H and O–H groups in total. The summed E-state index contributed by atoms with van der Waals surface area (Å²) in [4.78, 5) is 1.57. The number of aryl methyl sites for hydroxylation is 1. The van der Waals surface area contributed by atoms with Crippen LogP contribution in [0.1, 0.15) is 22.1 Å². The van der Waals surface area contributed by atoms with Gasteiger partial charge in [0.1, 0.15) is 0 Å². The van der Waals surface area contributed by atoms with Gasteiger partial charge in [-0.3, -0.25) is 0 Å². The van der Waals surface area contributed by atoms with Crippen molar-refractivity contribution in [3.8, 4) is 0 Å². The molecule has 0 saturated heterocycles. The Kier molecular flexibility index (Phi) is 5.39. The molecule has 0 aromatic heterocycles. The Labute approximate surface area is 183 Å². The smallest absolute Gasteiger partial charge is 0.247 e. The van der Waals surface area contributed by atoms with Gasteiger partial charge in [-0.05, 0) is 24.0 Å². The van der Waals surface area contributed by atoms with Crippen molar-refractivity contribution in [3.63, 3.8) is 0 Å². The summed E-state index contributed by atoms with van der Waals surface area (Å²) >= 11 is 0. The van der Waals surface area contributed by atoms with Crippen LogP contribution in [0.25, 0.3) is 6.08 Å². The summed E-state index contributed by atoms with van der Waals surface area (Å²) in [6.45, 7) is -2.91. The SMILES string of the molecule is [2H]C([2H])([2H])/C(=C\c1ccc(C)cc1)B(c1ccccc1N(C)C)c1c(F)c(F)c(F)c(F)c1F. The van der Waals surface area contributed by atoms with E-state index in [1.165, 1.54) is 18.2 Å². The number of benzene rings is 3. The Morgan fingerprint density at radius 3 is 1.94 bits per heavy atom. The minimum atomic E-state index is -2.94. The number of nitrogens with zero attached hydrogens (tertiary/aromatic N) is 1. The van der Waals surface area contributed by atoms with Crippen LogP contribution in [-0.2, 0) is 0 Å². The molecule has 3 rings (SSSR count). The van der Waals surface area contributed by atoms with Crippen LogP contribution in [0.4, 0.5) is 27.6 Å². The van der Waals surface area contributed by atoms with Crippen molar-refractivity contribution in [1.82, 2.24) is 0 Å². The average Bonchev–Trinajstić information content (AvgIpc) is 2.78. The molecule has 7 heteroatoms. The first-order chi connectivity index (χ1) is 15.8. The largest absolute Gasteiger partial charge is 0.378 e. The van der Waals surface area contributed by atoms with Crippen molar-refractivity contribution in [1.29, 1.82) is 0 Å². The fourth-order valence-electron chi connectivity index (χ4n) is 3.42. The molecule has 0 bridgehead atoms. The third-order valence-corrected chi connectivity index (χ3v) is 4.97. The number of hydrogen-bond acceptors (Lipinski definition) is 1. The van der Waals surface area contributed by atoms with Crippen LogP contribution in [-0.4, -0.2) is 20.8 Å². The van der Waals surface area contributed by atoms with E-state index in [-0.39, 0.29) is 5.46 Å². The molecule has 1 nitrogen and oxygen atoms in total. The number of rotatable bonds is 5. The van der Waals surface area contributed by atoms with Gasteiger partial charge in [0.2, 0.25) is 6.71 Å². The second-order valence-corrected chi connectivity index (χ2v) is 7.38. The molecule has 0 aliphatic rings. The molecule has 0 aliphatic heterocycles. The van der Waals surface area contributed by atoms with E-state index in [9.17, 15) is 13.2 Å². The Bertz CT molecular complexity index is 1210. The van der Waals surface area contributed by atoms with Gasteiger partial charge in [-0.15, -0.1) is 0 Å². The van der Waals surface area contributed by atoms with Crippen LogP contribution in [0.3, 0.4) is 0 Å². The monoisotopic (exact) mass is 432 g/mol. The van der Waals surface area contributed by atoms with Crippen molar-refractivity contribution in [2.24, 2.45) is 0 Å². The third kappa shape index (κ3) is 4.36. The molecule has 0 radical (unpaired) electrons. The topological polar surface area (TPSA) is 3.24 Å². The average molecular weight is 432 g/mol. The molecular formula is C24H21BF5N. The quantitative estimate of drug-likeness (QED) is 0.237. The van der Waals surface area contributed by atoms with E-state index < -0.39 is 53.6 Å². The Hall–Kier alpha value is -3.09. The highest BCUT2D eigenvalue weighted by molar-refractivity contribution is 6.92. The highest BCUT2D eigenvalue weighted by atomic mass is 19.2. The fraction of sp³-hybridized carbons (Fsp3) is 0.167. The van der Waals surface area contributed by atoms with E-state index in [4.69, 9.17) is 4.11 Å². The highest BCUT2D eigenvalue weighted by Gasteiger charge is 2.35. The van der Waals surface area contributed by atoms with Gasteiger partial charge in [-0.1, -0.05) is 66.4 Å². The van der Waals surface area contributed by atoms with E-state index in [0.29, 0.717) is 11.3 Å². The van der Waals surface area contributed by atoms with Crippen LogP contribution < -0.4 is 15.8 Å². The summed E-state index contributed by atoms with van der Waals surface area (Å²) in [5.41, 5.74) is 0.00419. The Morgan fingerprint density at radius 1 is 0.839 bits per heavy atom. The molecule has 3 aromatic rings. The van der Waals surface area contributed by atoms with Gasteiger partial charge in [-0.25, -0.2) is 22.0 Å². The highest BCUT2D eigenvalue weighted by Crippen LogP contribution is 2.21. The zero-order chi connectivity index (χ0) is 25.4. The number of halogens is 5. The molecule has 0 heterocycles. The molecule has 0 unspecified atom stereocenters. The zero-order valence-electron chi connectivity index (χ0n) is 20.1. The number of allylic oxidation sites excluding steroid dienone is 1. The lowest BCUT2D eigenvalue weighted by atomic mass is 9.35. The summed E-state index contributed by atoms with van der Waals surface area (Å²) in [7, 11) is 3.24. The van der Waals surface area contributed by atoms with E-state index in [1.807, 2.05) is 6.92 Å². The summed E-state index contributed by atoms with van der Waals surface area (Å²) in [5, 5.41) is 0. The molecule has 0 fully saturated rings. The molecule has 160 valence electrons. The first-order valence-corrected chi connectivity index (χ1v) is 9.41. The molecule has 31 heavy (non-hydrogen) atoms. The van der Waals surface area contributed by atoms with Crippen LogP contribution >= 0.6 is 0 Å². The zero-order valence-corrected chi connectivity index (χ0v) is 17.1. The molecule has 0 spiro atoms. The van der Waals surface area contributed by atoms with E-state index in [2.05, 4.69) is 0 Å². The maximum Gasteiger partial charge on any atom is 0.247 e. The maximum atomic E-state index is 15.1. The maximum absolute atomic E-state index is 15.1. The number of anilines is 1. The van der Waals surface area contributed by atoms with Crippen LogP contribution in [0.2, 0.25) is 0 Å². The standard InChI is InChI=1S/C24H21BF5N/c1-14-9-11-16(12-10-14)13-15(2)25(17-7-5-6-8-18(17)31(3)4)19-20(26)22(28)24(30)23(29)21(19)27/h5-13H,1-4H3/b15-13+/i2D3. The lowest BCUT2D eigenvalue weighted by Gasteiger charge is -2.24. The van der Waals surface area contributed by atoms with E-state index in [1.54, 1.807) is 55.4 Å². The lowest BCUT2D eigenvalue weighted by molar-refractivity contribution is 0.384. The van der Waals surface area contributed by atoms with Crippen molar-refractivity contribution in [3.05, 3.63) is 94.2 Å². The first kappa shape index (κ1) is 18.7. The summed E-state index contributed by atoms with van der Waals surface area (Å²) in [6.07, 6.45) is 1.21. The van der Waals surface area contributed by atoms with Gasteiger partial charge in [0.25, 0.3) is 0 Å². The Balaban J connectivity index is 2.47. The second kappa shape index (κ2) is 8.96. The summed E-state index contributed by atoms with van der Waals surface area (Å²) in [6, 6.07) is 12.7. The molecule has 0 atom stereocenters. The van der Waals surface area contributed by atoms with Crippen molar-refractivity contribution in [2.45, 2.75) is 13.8 Å². The predicted molar refractivity (Wildman–Crippen MR) is 117 cm³/mol. The summed E-state index contributed by atoms with van der Waals surface area (Å²) < 4.78 is 96.8. The Morgan fingerprint density at radius 2 is 1.39 bits per heavy atom. The van der Waals surface area contributed by atoms with Crippen LogP contribution in [0.15, 0.2) is 54.0 Å². The summed E-state index contributed by atoms with van der Waals surface area (Å²) in [5.74, 6) is -10.7. The third-order valence-electron chi connectivity index (χ3n) is 4.97. The number of hydrogen-bond donors (Lipinski definition) is 0. The van der Waals surface area contributed by atoms with Gasteiger partial charge in [0.15, 0.2) is 29.1 Å². The molecule has 0 amide bonds. The minimum absolute atomic E-state index is 0.0743. The van der Waals surface area contributed by atoms with E-state index in [0.717, 1.165) is 5.56 Å². The van der Waals surface area contributed by atoms with Crippen molar-refractivity contribution >= 4 is 29.4 Å². The van der Waals surface area contributed by atoms with Crippen molar-refractivity contribution in [2.75, 3.05) is 19.0 Å². The fourth-order valence-corrected chi connectivity index (χ4v) is 3.42. The molecule has 0 aliphatic carbocycles. The van der Waals surface area contributed by atoms with Gasteiger partial charge < -0.3 is 4.90 Å². The van der Waals surface area contributed by atoms with Crippen LogP contribution in [0.5, 0.6) is 0 Å². The van der Waals surface area contributed by atoms with Gasteiger partial charge in [-0.2, -0.15) is 0 Å². The number of para-hydroxylation sites is 1. The minimum Gasteiger partial charge on any atom is -0.378 e. The van der Waals surface area contributed by atoms with Gasteiger partial charge in [0.05, 0.1) is 0 Å². The normalized spacial score (nSPS) is 13.4. The second-order valence-electron chi connectivity index (χ2n) is 7.38. The van der Waals surface area contributed by atoms with Gasteiger partial charge >= 0.3 is 0 Å². The first-order valence-electron chi connectivity index (χ1n) is 10.9. The van der Waals surface area contributed by atoms with Crippen LogP contribution in [0, 0.1) is 36.0 Å². The predicted octanol–water partition coefficient (Wildman–Crippen LogP) is 5.01. The molecule has 3 aromatic carbocycles. The lowest BCUT2D eigenvalue weighted by Crippen LogP contribution is -2.49. The molecular weight excluding hydrogens is 408 g/mol.